The van der Waals surface area contributed by atoms with Crippen LogP contribution < -0.4 is 5.32 Å². The van der Waals surface area contributed by atoms with Crippen molar-refractivity contribution in [2.45, 2.75) is 50.0 Å². The average molecular weight is 407 g/mol. The summed E-state index contributed by atoms with van der Waals surface area (Å²) in [7, 11) is 1.95. The van der Waals surface area contributed by atoms with Crippen molar-refractivity contribution in [1.82, 2.24) is 30.0 Å². The van der Waals surface area contributed by atoms with Crippen LogP contribution in [-0.2, 0) is 18.3 Å². The number of hydrogen-bond acceptors (Lipinski definition) is 8. The molecular formula is C18H26N6O3S. The number of aliphatic hydroxyl groups excluding tert-OH is 1. The summed E-state index contributed by atoms with van der Waals surface area (Å²) in [6.45, 7) is 4.63. The Hall–Kier alpha value is -1.88. The molecule has 2 aliphatic heterocycles. The number of aryl methyl sites for hydroxylation is 1. The molecule has 0 aliphatic carbocycles. The number of rotatable bonds is 4. The number of aromatic nitrogens is 4. The standard InChI is InChI=1S/C18H26N6O3S/c1-17(21-16(26)13-9-28-12-19-13)10-18(27-8-14(17)25)3-5-24(6-4-18)7-15-22-20-11-23(15)2/h9,11-12,14,25H,3-8,10H2,1-2H3,(H,21,26)/t14-,17-/m1/s1. The predicted octanol–water partition coefficient (Wildman–Crippen LogP) is 0.576. The van der Waals surface area contributed by atoms with Gasteiger partial charge in [0.2, 0.25) is 0 Å². The number of likely N-dealkylation sites (tertiary alicyclic amines) is 1. The molecule has 2 aliphatic rings. The van der Waals surface area contributed by atoms with Crippen LogP contribution in [0.15, 0.2) is 17.2 Å². The minimum Gasteiger partial charge on any atom is -0.388 e. The number of thiazole rings is 1. The van der Waals surface area contributed by atoms with Crippen LogP contribution in [0.1, 0.15) is 42.5 Å². The number of nitrogens with one attached hydrogen (secondary N) is 1. The zero-order valence-corrected chi connectivity index (χ0v) is 17.0. The van der Waals surface area contributed by atoms with Crippen molar-refractivity contribution in [2.75, 3.05) is 19.7 Å². The monoisotopic (exact) mass is 406 g/mol. The predicted molar refractivity (Wildman–Crippen MR) is 103 cm³/mol. The normalized spacial score (nSPS) is 27.8. The van der Waals surface area contributed by atoms with Crippen molar-refractivity contribution < 1.29 is 14.6 Å². The topological polar surface area (TPSA) is 105 Å². The number of piperidine rings is 1. The molecule has 2 aromatic rings. The van der Waals surface area contributed by atoms with Gasteiger partial charge in [-0.25, -0.2) is 4.98 Å². The van der Waals surface area contributed by atoms with Gasteiger partial charge in [0.1, 0.15) is 23.9 Å². The van der Waals surface area contributed by atoms with E-state index in [2.05, 4.69) is 25.4 Å². The van der Waals surface area contributed by atoms with Crippen molar-refractivity contribution in [3.05, 3.63) is 28.7 Å². The molecule has 1 amide bonds. The summed E-state index contributed by atoms with van der Waals surface area (Å²) in [6, 6.07) is 0. The fourth-order valence-electron chi connectivity index (χ4n) is 4.14. The molecule has 2 atom stereocenters. The van der Waals surface area contributed by atoms with Crippen molar-refractivity contribution in [1.29, 1.82) is 0 Å². The van der Waals surface area contributed by atoms with Gasteiger partial charge in [-0.05, 0) is 19.8 Å². The van der Waals surface area contributed by atoms with E-state index in [-0.39, 0.29) is 18.1 Å². The maximum Gasteiger partial charge on any atom is 0.271 e. The van der Waals surface area contributed by atoms with Crippen LogP contribution in [0, 0.1) is 0 Å². The number of carbonyl (C=O) groups excluding carboxylic acids is 1. The van der Waals surface area contributed by atoms with E-state index in [1.165, 1.54) is 11.3 Å². The fourth-order valence-corrected chi connectivity index (χ4v) is 4.68. The Morgan fingerprint density at radius 1 is 1.46 bits per heavy atom. The summed E-state index contributed by atoms with van der Waals surface area (Å²) in [5.41, 5.74) is 0.939. The first-order chi connectivity index (χ1) is 13.4. The average Bonchev–Trinajstić information content (AvgIpc) is 3.33. The molecule has 2 saturated heterocycles. The Morgan fingerprint density at radius 2 is 2.25 bits per heavy atom. The van der Waals surface area contributed by atoms with Crippen LogP contribution in [0.2, 0.25) is 0 Å². The first-order valence-electron chi connectivity index (χ1n) is 9.47. The van der Waals surface area contributed by atoms with Gasteiger partial charge in [-0.15, -0.1) is 21.5 Å². The molecule has 0 saturated carbocycles. The summed E-state index contributed by atoms with van der Waals surface area (Å²) in [4.78, 5) is 18.9. The second kappa shape index (κ2) is 7.51. The van der Waals surface area contributed by atoms with Crippen LogP contribution in [-0.4, -0.2) is 72.6 Å². The van der Waals surface area contributed by atoms with Crippen molar-refractivity contribution >= 4 is 17.2 Å². The molecule has 0 aromatic carbocycles. The van der Waals surface area contributed by atoms with E-state index in [0.29, 0.717) is 12.1 Å². The minimum absolute atomic E-state index is 0.219. The first kappa shape index (κ1) is 19.4. The molecule has 4 heterocycles. The van der Waals surface area contributed by atoms with Crippen LogP contribution in [0.3, 0.4) is 0 Å². The van der Waals surface area contributed by atoms with Crippen molar-refractivity contribution in [3.8, 4) is 0 Å². The molecule has 9 nitrogen and oxygen atoms in total. The summed E-state index contributed by atoms with van der Waals surface area (Å²) in [5.74, 6) is 0.691. The molecule has 0 bridgehead atoms. The van der Waals surface area contributed by atoms with Gasteiger partial charge in [-0.2, -0.15) is 0 Å². The Kier molecular flexibility index (Phi) is 5.21. The molecule has 152 valence electrons. The van der Waals surface area contributed by atoms with E-state index in [4.69, 9.17) is 4.74 Å². The lowest BCUT2D eigenvalue weighted by atomic mass is 9.74. The maximum atomic E-state index is 12.5. The number of aliphatic hydroxyl groups is 1. The third kappa shape index (κ3) is 3.82. The molecular weight excluding hydrogens is 380 g/mol. The molecule has 2 aromatic heterocycles. The smallest absolute Gasteiger partial charge is 0.271 e. The number of carbonyl (C=O) groups is 1. The lowest BCUT2D eigenvalue weighted by molar-refractivity contribution is -0.177. The Labute approximate surface area is 167 Å². The van der Waals surface area contributed by atoms with Gasteiger partial charge in [-0.3, -0.25) is 9.69 Å². The Morgan fingerprint density at radius 3 is 2.89 bits per heavy atom. The highest BCUT2D eigenvalue weighted by Crippen LogP contribution is 2.40. The van der Waals surface area contributed by atoms with Gasteiger partial charge < -0.3 is 19.7 Å². The number of ether oxygens (including phenoxy) is 1. The largest absolute Gasteiger partial charge is 0.388 e. The van der Waals surface area contributed by atoms with Gasteiger partial charge >= 0.3 is 0 Å². The molecule has 1 spiro atoms. The van der Waals surface area contributed by atoms with Crippen molar-refractivity contribution in [2.24, 2.45) is 7.05 Å². The van der Waals surface area contributed by atoms with Gasteiger partial charge in [0.05, 0.1) is 29.8 Å². The van der Waals surface area contributed by atoms with E-state index in [9.17, 15) is 9.90 Å². The Balaban J connectivity index is 1.40. The van der Waals surface area contributed by atoms with Gasteiger partial charge in [0.25, 0.3) is 5.91 Å². The summed E-state index contributed by atoms with van der Waals surface area (Å²) < 4.78 is 8.05. The van der Waals surface area contributed by atoms with Crippen LogP contribution >= 0.6 is 11.3 Å². The van der Waals surface area contributed by atoms with E-state index in [1.807, 2.05) is 18.5 Å². The molecule has 2 fully saturated rings. The highest BCUT2D eigenvalue weighted by Gasteiger charge is 2.50. The summed E-state index contributed by atoms with van der Waals surface area (Å²) >= 11 is 1.38. The zero-order chi connectivity index (χ0) is 19.8. The van der Waals surface area contributed by atoms with Gasteiger partial charge in [0, 0.05) is 31.9 Å². The first-order valence-corrected chi connectivity index (χ1v) is 10.4. The molecule has 28 heavy (non-hydrogen) atoms. The molecule has 0 radical (unpaired) electrons. The number of hydrogen-bond donors (Lipinski definition) is 2. The van der Waals surface area contributed by atoms with Crippen LogP contribution in [0.4, 0.5) is 0 Å². The fraction of sp³-hybridized carbons (Fsp3) is 0.667. The SMILES string of the molecule is Cn1cnnc1CN1CCC2(CC1)C[C@@](C)(NC(=O)c1cscn1)[C@H](O)CO2. The highest BCUT2D eigenvalue weighted by atomic mass is 32.1. The van der Waals surface area contributed by atoms with E-state index >= 15 is 0 Å². The quantitative estimate of drug-likeness (QED) is 0.765. The van der Waals surface area contributed by atoms with E-state index in [0.717, 1.165) is 38.3 Å². The molecule has 4 rings (SSSR count). The minimum atomic E-state index is -0.752. The van der Waals surface area contributed by atoms with E-state index in [1.54, 1.807) is 17.2 Å². The van der Waals surface area contributed by atoms with E-state index < -0.39 is 11.6 Å². The summed E-state index contributed by atoms with van der Waals surface area (Å²) in [6.07, 6.45) is 3.23. The lowest BCUT2D eigenvalue weighted by Crippen LogP contribution is -2.65. The summed E-state index contributed by atoms with van der Waals surface area (Å²) in [5, 5.41) is 23.4. The molecule has 10 heteroatoms. The maximum absolute atomic E-state index is 12.5. The number of nitrogens with zero attached hydrogens (tertiary/aromatic N) is 5. The molecule has 2 N–H and O–H groups in total. The van der Waals surface area contributed by atoms with Gasteiger partial charge in [-0.1, -0.05) is 0 Å². The van der Waals surface area contributed by atoms with Crippen LogP contribution in [0.5, 0.6) is 0 Å². The number of amides is 1. The van der Waals surface area contributed by atoms with Crippen molar-refractivity contribution in [3.63, 3.8) is 0 Å². The second-order valence-corrected chi connectivity index (χ2v) is 8.78. The van der Waals surface area contributed by atoms with Gasteiger partial charge in [0.15, 0.2) is 0 Å². The van der Waals surface area contributed by atoms with Crippen LogP contribution in [0.25, 0.3) is 0 Å². The highest BCUT2D eigenvalue weighted by molar-refractivity contribution is 7.07. The second-order valence-electron chi connectivity index (χ2n) is 8.07. The lowest BCUT2D eigenvalue weighted by Gasteiger charge is -2.51. The molecule has 0 unspecified atom stereocenters. The Bertz CT molecular complexity index is 817. The third-order valence-electron chi connectivity index (χ3n) is 5.97. The third-order valence-corrected chi connectivity index (χ3v) is 6.56. The zero-order valence-electron chi connectivity index (χ0n) is 16.2.